The van der Waals surface area contributed by atoms with Crippen LogP contribution in [0, 0.1) is 34.5 Å². The molecule has 4 saturated carbocycles. The fourth-order valence-corrected chi connectivity index (χ4v) is 6.16. The third kappa shape index (κ3) is 2.38. The standard InChI is InChI=1S/C17H27N3/c18-1-2-19-3-5-20(6-4-19)13-17-10-14-7-15(11-17)9-16(8-14)12-17/h14-16H,2-13H2. The monoisotopic (exact) mass is 273 g/mol. The Hall–Kier alpha value is -0.590. The summed E-state index contributed by atoms with van der Waals surface area (Å²) >= 11 is 0. The summed E-state index contributed by atoms with van der Waals surface area (Å²) in [5.41, 5.74) is 0.687. The highest BCUT2D eigenvalue weighted by molar-refractivity contribution is 5.02. The molecule has 0 aromatic carbocycles. The fraction of sp³-hybridized carbons (Fsp3) is 0.941. The van der Waals surface area contributed by atoms with E-state index in [2.05, 4.69) is 15.9 Å². The van der Waals surface area contributed by atoms with Crippen molar-refractivity contribution in [2.75, 3.05) is 39.3 Å². The minimum Gasteiger partial charge on any atom is -0.300 e. The van der Waals surface area contributed by atoms with Crippen LogP contribution in [0.5, 0.6) is 0 Å². The highest BCUT2D eigenvalue weighted by Gasteiger charge is 2.51. The van der Waals surface area contributed by atoms with Gasteiger partial charge in [-0.05, 0) is 61.7 Å². The molecule has 0 unspecified atom stereocenters. The predicted octanol–water partition coefficient (Wildman–Crippen LogP) is 2.34. The average molecular weight is 273 g/mol. The van der Waals surface area contributed by atoms with Gasteiger partial charge in [0.15, 0.2) is 0 Å². The molecule has 1 heterocycles. The van der Waals surface area contributed by atoms with Crippen LogP contribution in [0.2, 0.25) is 0 Å². The minimum atomic E-state index is 0.616. The summed E-state index contributed by atoms with van der Waals surface area (Å²) in [7, 11) is 0. The maximum Gasteiger partial charge on any atom is 0.0866 e. The van der Waals surface area contributed by atoms with Crippen LogP contribution in [-0.4, -0.2) is 49.1 Å². The van der Waals surface area contributed by atoms with E-state index in [0.717, 1.165) is 30.8 Å². The van der Waals surface area contributed by atoms with Crippen LogP contribution in [0.25, 0.3) is 0 Å². The number of rotatable bonds is 3. The van der Waals surface area contributed by atoms with Crippen LogP contribution in [0.4, 0.5) is 0 Å². The van der Waals surface area contributed by atoms with Gasteiger partial charge in [-0.15, -0.1) is 0 Å². The van der Waals surface area contributed by atoms with Gasteiger partial charge >= 0.3 is 0 Å². The number of nitrogens with zero attached hydrogens (tertiary/aromatic N) is 3. The van der Waals surface area contributed by atoms with Gasteiger partial charge in [0.25, 0.3) is 0 Å². The molecule has 1 saturated heterocycles. The molecule has 5 rings (SSSR count). The van der Waals surface area contributed by atoms with Gasteiger partial charge in [0, 0.05) is 32.7 Å². The summed E-state index contributed by atoms with van der Waals surface area (Å²) < 4.78 is 0. The Morgan fingerprint density at radius 1 is 0.850 bits per heavy atom. The second-order valence-electron chi connectivity index (χ2n) is 8.13. The van der Waals surface area contributed by atoms with E-state index < -0.39 is 0 Å². The Bertz CT molecular complexity index is 368. The largest absolute Gasteiger partial charge is 0.300 e. The van der Waals surface area contributed by atoms with E-state index in [1.54, 1.807) is 19.3 Å². The van der Waals surface area contributed by atoms with E-state index in [9.17, 15) is 0 Å². The lowest BCUT2D eigenvalue weighted by Crippen LogP contribution is -2.54. The number of hydrogen-bond donors (Lipinski definition) is 0. The Balaban J connectivity index is 1.37. The van der Waals surface area contributed by atoms with Gasteiger partial charge in [0.2, 0.25) is 0 Å². The lowest BCUT2D eigenvalue weighted by molar-refractivity contribution is -0.0732. The van der Waals surface area contributed by atoms with E-state index in [-0.39, 0.29) is 0 Å². The summed E-state index contributed by atoms with van der Waals surface area (Å²) in [6.45, 7) is 6.54. The van der Waals surface area contributed by atoms with Crippen LogP contribution in [-0.2, 0) is 0 Å². The van der Waals surface area contributed by atoms with Gasteiger partial charge in [-0.2, -0.15) is 5.26 Å². The van der Waals surface area contributed by atoms with Gasteiger partial charge in [-0.3, -0.25) is 4.90 Å². The topological polar surface area (TPSA) is 30.3 Å². The van der Waals surface area contributed by atoms with E-state index in [4.69, 9.17) is 5.26 Å². The fourth-order valence-electron chi connectivity index (χ4n) is 6.16. The van der Waals surface area contributed by atoms with E-state index in [1.807, 2.05) is 0 Å². The number of hydrogen-bond acceptors (Lipinski definition) is 3. The third-order valence-electron chi connectivity index (χ3n) is 6.48. The maximum absolute atomic E-state index is 8.79. The van der Waals surface area contributed by atoms with Crippen molar-refractivity contribution >= 4 is 0 Å². The highest BCUT2D eigenvalue weighted by atomic mass is 15.3. The maximum atomic E-state index is 8.79. The normalized spacial score (nSPS) is 44.6. The number of piperazine rings is 1. The predicted molar refractivity (Wildman–Crippen MR) is 79.1 cm³/mol. The van der Waals surface area contributed by atoms with Crippen molar-refractivity contribution in [3.63, 3.8) is 0 Å². The Kier molecular flexibility index (Phi) is 3.27. The van der Waals surface area contributed by atoms with Crippen molar-refractivity contribution in [2.45, 2.75) is 38.5 Å². The first-order chi connectivity index (χ1) is 9.75. The summed E-state index contributed by atoms with van der Waals surface area (Å²) in [5, 5.41) is 8.79. The molecule has 1 aliphatic heterocycles. The van der Waals surface area contributed by atoms with Gasteiger partial charge in [0.1, 0.15) is 0 Å². The smallest absolute Gasteiger partial charge is 0.0866 e. The quantitative estimate of drug-likeness (QED) is 0.739. The van der Waals surface area contributed by atoms with Crippen LogP contribution < -0.4 is 0 Å². The van der Waals surface area contributed by atoms with Crippen molar-refractivity contribution < 1.29 is 0 Å². The summed E-state index contributed by atoms with van der Waals surface area (Å²) in [5.74, 6) is 3.21. The molecular weight excluding hydrogens is 246 g/mol. The molecule has 20 heavy (non-hydrogen) atoms. The SMILES string of the molecule is N#CCN1CCN(CC23CC4CC(CC(C4)C2)C3)CC1. The molecule has 110 valence electrons. The van der Waals surface area contributed by atoms with Crippen molar-refractivity contribution in [3.05, 3.63) is 0 Å². The zero-order valence-electron chi connectivity index (χ0n) is 12.6. The molecule has 3 nitrogen and oxygen atoms in total. The summed E-state index contributed by atoms with van der Waals surface area (Å²) in [6, 6.07) is 2.29. The Labute approximate surface area is 122 Å². The lowest BCUT2D eigenvalue weighted by Gasteiger charge is -2.58. The van der Waals surface area contributed by atoms with Crippen molar-refractivity contribution in [1.82, 2.24) is 9.80 Å². The van der Waals surface area contributed by atoms with E-state index >= 15 is 0 Å². The van der Waals surface area contributed by atoms with Gasteiger partial charge < -0.3 is 4.90 Å². The van der Waals surface area contributed by atoms with Crippen LogP contribution in [0.15, 0.2) is 0 Å². The minimum absolute atomic E-state index is 0.616. The van der Waals surface area contributed by atoms with Crippen molar-refractivity contribution in [3.8, 4) is 6.07 Å². The van der Waals surface area contributed by atoms with E-state index in [0.29, 0.717) is 12.0 Å². The molecular formula is C17H27N3. The zero-order chi connectivity index (χ0) is 13.6. The van der Waals surface area contributed by atoms with E-state index in [1.165, 1.54) is 38.9 Å². The molecule has 0 radical (unpaired) electrons. The van der Waals surface area contributed by atoms with Crippen molar-refractivity contribution in [2.24, 2.45) is 23.2 Å². The Morgan fingerprint density at radius 3 is 1.85 bits per heavy atom. The van der Waals surface area contributed by atoms with Crippen LogP contribution in [0.3, 0.4) is 0 Å². The lowest BCUT2D eigenvalue weighted by atomic mass is 9.49. The molecule has 4 bridgehead atoms. The molecule has 4 aliphatic carbocycles. The molecule has 5 aliphatic rings. The second-order valence-corrected chi connectivity index (χ2v) is 8.13. The van der Waals surface area contributed by atoms with Crippen LogP contribution >= 0.6 is 0 Å². The summed E-state index contributed by atoms with van der Waals surface area (Å²) in [4.78, 5) is 5.01. The molecule has 0 amide bonds. The van der Waals surface area contributed by atoms with Crippen LogP contribution in [0.1, 0.15) is 38.5 Å². The number of nitriles is 1. The first-order valence-electron chi connectivity index (χ1n) is 8.56. The molecule has 0 atom stereocenters. The molecule has 0 aromatic heterocycles. The summed E-state index contributed by atoms with van der Waals surface area (Å²) in [6.07, 6.45) is 9.23. The second kappa shape index (κ2) is 5.00. The molecule has 3 heteroatoms. The first-order valence-corrected chi connectivity index (χ1v) is 8.56. The first kappa shape index (κ1) is 13.1. The zero-order valence-corrected chi connectivity index (χ0v) is 12.6. The Morgan fingerprint density at radius 2 is 1.35 bits per heavy atom. The molecule has 5 fully saturated rings. The van der Waals surface area contributed by atoms with Gasteiger partial charge in [0.05, 0.1) is 12.6 Å². The van der Waals surface area contributed by atoms with Crippen molar-refractivity contribution in [1.29, 1.82) is 5.26 Å². The highest BCUT2D eigenvalue weighted by Crippen LogP contribution is 2.60. The van der Waals surface area contributed by atoms with Gasteiger partial charge in [-0.1, -0.05) is 0 Å². The molecule has 0 N–H and O–H groups in total. The van der Waals surface area contributed by atoms with Gasteiger partial charge in [-0.25, -0.2) is 0 Å². The molecule has 0 aromatic rings. The average Bonchev–Trinajstić information content (AvgIpc) is 2.39. The third-order valence-corrected chi connectivity index (χ3v) is 6.48. The molecule has 0 spiro atoms.